The molecule has 3 heterocycles. The van der Waals surface area contributed by atoms with Gasteiger partial charge in [0.25, 0.3) is 5.91 Å². The summed E-state index contributed by atoms with van der Waals surface area (Å²) in [5.41, 5.74) is 0.361. The summed E-state index contributed by atoms with van der Waals surface area (Å²) in [7, 11) is 1.39. The quantitative estimate of drug-likeness (QED) is 0.538. The molecule has 1 aromatic carbocycles. The van der Waals surface area contributed by atoms with Gasteiger partial charge < -0.3 is 23.8 Å². The van der Waals surface area contributed by atoms with Crippen LogP contribution in [0.15, 0.2) is 42.6 Å². The van der Waals surface area contributed by atoms with Crippen LogP contribution in [0, 0.1) is 0 Å². The number of likely N-dealkylation sites (tertiary alicyclic amines) is 1. The van der Waals surface area contributed by atoms with Gasteiger partial charge in [-0.05, 0) is 44.2 Å². The maximum atomic E-state index is 13.3. The maximum absolute atomic E-state index is 13.3. The number of carbonyl (C=O) groups is 1. The number of amides is 1. The van der Waals surface area contributed by atoms with Crippen molar-refractivity contribution >= 4 is 5.91 Å². The maximum Gasteiger partial charge on any atom is 0.522 e. The molecule has 11 heteroatoms. The van der Waals surface area contributed by atoms with Crippen LogP contribution < -0.4 is 9.47 Å². The molecule has 4 rings (SSSR count). The summed E-state index contributed by atoms with van der Waals surface area (Å²) in [6.45, 7) is 3.39. The first-order valence-electron chi connectivity index (χ1n) is 11.1. The van der Waals surface area contributed by atoms with E-state index in [1.807, 2.05) is 32.0 Å². The van der Waals surface area contributed by atoms with Crippen molar-refractivity contribution in [1.29, 1.82) is 0 Å². The Morgan fingerprint density at radius 1 is 1.20 bits per heavy atom. The summed E-state index contributed by atoms with van der Waals surface area (Å²) in [4.78, 5) is 19.5. The number of hydrogen-bond donors (Lipinski definition) is 0. The Kier molecular flexibility index (Phi) is 6.94. The fraction of sp³-hybridized carbons (Fsp3) is 0.500. The number of ether oxygens (including phenoxy) is 5. The molecule has 2 atom stereocenters. The molecule has 0 aliphatic carbocycles. The van der Waals surface area contributed by atoms with E-state index in [4.69, 9.17) is 18.9 Å². The monoisotopic (exact) mass is 496 g/mol. The number of rotatable bonds is 7. The second-order valence-electron chi connectivity index (χ2n) is 8.72. The Hall–Kier alpha value is -2.89. The average Bonchev–Trinajstić information content (AvgIpc) is 3.11. The molecule has 190 valence electrons. The molecule has 0 spiro atoms. The Bertz CT molecular complexity index is 1050. The molecule has 35 heavy (non-hydrogen) atoms. The van der Waals surface area contributed by atoms with Crippen molar-refractivity contribution in [3.8, 4) is 11.5 Å². The summed E-state index contributed by atoms with van der Waals surface area (Å²) in [6.07, 6.45) is -2.93. The normalized spacial score (nSPS) is 23.6. The first kappa shape index (κ1) is 25.2. The van der Waals surface area contributed by atoms with Crippen LogP contribution in [-0.2, 0) is 19.8 Å². The van der Waals surface area contributed by atoms with Gasteiger partial charge in [0.15, 0.2) is 17.3 Å². The molecule has 8 nitrogen and oxygen atoms in total. The van der Waals surface area contributed by atoms with E-state index in [-0.39, 0.29) is 24.0 Å². The number of aromatic nitrogens is 1. The predicted molar refractivity (Wildman–Crippen MR) is 117 cm³/mol. The lowest BCUT2D eigenvalue weighted by atomic mass is 9.85. The van der Waals surface area contributed by atoms with E-state index < -0.39 is 30.5 Å². The molecule has 1 aromatic heterocycles. The Balaban J connectivity index is 1.46. The molecule has 0 radical (unpaired) electrons. The number of benzene rings is 1. The lowest BCUT2D eigenvalue weighted by Crippen LogP contribution is -2.53. The number of methoxy groups -OCH3 is 1. The van der Waals surface area contributed by atoms with Crippen molar-refractivity contribution in [2.24, 2.45) is 0 Å². The van der Waals surface area contributed by atoms with Gasteiger partial charge in [-0.3, -0.25) is 14.5 Å². The van der Waals surface area contributed by atoms with E-state index in [1.165, 1.54) is 19.2 Å². The first-order chi connectivity index (χ1) is 16.5. The first-order valence-corrected chi connectivity index (χ1v) is 11.1. The van der Waals surface area contributed by atoms with Crippen molar-refractivity contribution in [3.05, 3.63) is 53.9 Å². The molecule has 0 unspecified atom stereocenters. The van der Waals surface area contributed by atoms with Crippen LogP contribution in [-0.4, -0.2) is 67.5 Å². The third kappa shape index (κ3) is 5.52. The van der Waals surface area contributed by atoms with Crippen LogP contribution in [0.5, 0.6) is 11.5 Å². The number of alkyl halides is 3. The van der Waals surface area contributed by atoms with Crippen LogP contribution in [0.25, 0.3) is 0 Å². The zero-order valence-corrected chi connectivity index (χ0v) is 19.6. The minimum Gasteiger partial charge on any atom is -0.493 e. The summed E-state index contributed by atoms with van der Waals surface area (Å²) in [5.74, 6) is -0.640. The Morgan fingerprint density at radius 3 is 2.69 bits per heavy atom. The number of halogens is 3. The van der Waals surface area contributed by atoms with E-state index in [9.17, 15) is 18.0 Å². The van der Waals surface area contributed by atoms with E-state index in [0.29, 0.717) is 25.1 Å². The third-order valence-electron chi connectivity index (χ3n) is 5.92. The molecule has 2 aliphatic rings. The smallest absolute Gasteiger partial charge is 0.493 e. The highest BCUT2D eigenvalue weighted by molar-refractivity contribution is 5.95. The second-order valence-corrected chi connectivity index (χ2v) is 8.72. The van der Waals surface area contributed by atoms with E-state index in [0.717, 1.165) is 5.69 Å². The van der Waals surface area contributed by atoms with Crippen molar-refractivity contribution in [2.45, 2.75) is 44.1 Å². The molecule has 0 N–H and O–H groups in total. The summed E-state index contributed by atoms with van der Waals surface area (Å²) in [5, 5.41) is 0. The molecular weight excluding hydrogens is 469 g/mol. The lowest BCUT2D eigenvalue weighted by molar-refractivity contribution is -0.325. The van der Waals surface area contributed by atoms with Gasteiger partial charge in [-0.2, -0.15) is 0 Å². The molecule has 0 saturated carbocycles. The minimum absolute atomic E-state index is 0.205. The van der Waals surface area contributed by atoms with Gasteiger partial charge in [0.1, 0.15) is 18.3 Å². The zero-order chi connectivity index (χ0) is 25.3. The largest absolute Gasteiger partial charge is 0.522 e. The van der Waals surface area contributed by atoms with Gasteiger partial charge in [0.05, 0.1) is 26.0 Å². The minimum atomic E-state index is -4.73. The van der Waals surface area contributed by atoms with Crippen LogP contribution in [0.1, 0.15) is 36.3 Å². The van der Waals surface area contributed by atoms with E-state index in [1.54, 1.807) is 17.2 Å². The predicted octanol–water partition coefficient (Wildman–Crippen LogP) is 3.90. The lowest BCUT2D eigenvalue weighted by Gasteiger charge is -2.41. The number of hydrogen-bond acceptors (Lipinski definition) is 7. The van der Waals surface area contributed by atoms with Crippen molar-refractivity contribution < 1.29 is 41.7 Å². The average molecular weight is 496 g/mol. The molecule has 2 aromatic rings. The number of piperidine rings is 1. The second kappa shape index (κ2) is 9.63. The van der Waals surface area contributed by atoms with Crippen LogP contribution in [0.4, 0.5) is 13.2 Å². The molecular formula is C24H27F3N2O6. The molecule has 2 saturated heterocycles. The summed E-state index contributed by atoms with van der Waals surface area (Å²) >= 11 is 0. The highest BCUT2D eigenvalue weighted by atomic mass is 19.4. The van der Waals surface area contributed by atoms with Gasteiger partial charge in [0, 0.05) is 24.7 Å². The van der Waals surface area contributed by atoms with Crippen molar-refractivity contribution in [3.63, 3.8) is 0 Å². The number of carbonyl (C=O) groups excluding carboxylic acids is 1. The summed E-state index contributed by atoms with van der Waals surface area (Å²) < 4.78 is 63.2. The van der Waals surface area contributed by atoms with Gasteiger partial charge >= 0.3 is 6.36 Å². The fourth-order valence-electron chi connectivity index (χ4n) is 4.51. The van der Waals surface area contributed by atoms with Crippen LogP contribution >= 0.6 is 0 Å². The highest BCUT2D eigenvalue weighted by Gasteiger charge is 2.57. The number of fused-ring (bicyclic) bond motifs is 1. The van der Waals surface area contributed by atoms with E-state index >= 15 is 0 Å². The zero-order valence-electron chi connectivity index (χ0n) is 19.6. The fourth-order valence-corrected chi connectivity index (χ4v) is 4.51. The Morgan fingerprint density at radius 2 is 2.00 bits per heavy atom. The highest BCUT2D eigenvalue weighted by Crippen LogP contribution is 2.48. The molecule has 0 bridgehead atoms. The standard InChI is InChI=1S/C24H27F3N2O6/c1-22(2)34-20-15-29(11-9-23(20,35-22)19-6-4-5-10-28-19)21(30)16-7-8-17(18(14-16)31-3)32-12-13-33-24(25,26)27/h4-8,10,14,20H,9,11-13,15H2,1-3H3/t20-,23-/m1/s1. The molecule has 2 fully saturated rings. The van der Waals surface area contributed by atoms with Crippen molar-refractivity contribution in [2.75, 3.05) is 33.4 Å². The van der Waals surface area contributed by atoms with Gasteiger partial charge in [-0.15, -0.1) is 13.2 Å². The SMILES string of the molecule is COc1cc(C(=O)N2CC[C@]3(c4ccccn4)OC(C)(C)O[C@@H]3C2)ccc1OCCOC(F)(F)F. The van der Waals surface area contributed by atoms with Crippen LogP contribution in [0.2, 0.25) is 0 Å². The number of pyridine rings is 1. The molecule has 1 amide bonds. The van der Waals surface area contributed by atoms with Gasteiger partial charge in [-0.1, -0.05) is 6.07 Å². The van der Waals surface area contributed by atoms with Crippen molar-refractivity contribution in [1.82, 2.24) is 9.88 Å². The summed E-state index contributed by atoms with van der Waals surface area (Å²) in [6, 6.07) is 10.2. The Labute approximate surface area is 200 Å². The van der Waals surface area contributed by atoms with E-state index in [2.05, 4.69) is 9.72 Å². The molecule has 2 aliphatic heterocycles. The third-order valence-corrected chi connectivity index (χ3v) is 5.92. The number of nitrogens with zero attached hydrogens (tertiary/aromatic N) is 2. The van der Waals surface area contributed by atoms with Gasteiger partial charge in [0.2, 0.25) is 0 Å². The van der Waals surface area contributed by atoms with Crippen LogP contribution in [0.3, 0.4) is 0 Å². The van der Waals surface area contributed by atoms with Gasteiger partial charge in [-0.25, -0.2) is 0 Å². The topological polar surface area (TPSA) is 79.4 Å².